The van der Waals surface area contributed by atoms with Crippen LogP contribution in [0.5, 0.6) is 0 Å². The summed E-state index contributed by atoms with van der Waals surface area (Å²) >= 11 is 0. The number of nitrogens with one attached hydrogen (secondary N) is 3. The van der Waals surface area contributed by atoms with Gasteiger partial charge in [-0.3, -0.25) is 4.79 Å². The highest BCUT2D eigenvalue weighted by Gasteiger charge is 2.36. The Balaban J connectivity index is 2.27. The summed E-state index contributed by atoms with van der Waals surface area (Å²) in [6.45, 7) is 5.28. The molecule has 1 saturated heterocycles. The topological polar surface area (TPSA) is 87.3 Å². The summed E-state index contributed by atoms with van der Waals surface area (Å²) in [4.78, 5) is 12.5. The molecule has 116 valence electrons. The van der Waals surface area contributed by atoms with Crippen molar-refractivity contribution >= 4 is 21.6 Å². The lowest BCUT2D eigenvalue weighted by Gasteiger charge is -2.22. The Morgan fingerprint density at radius 2 is 2.10 bits per heavy atom. The van der Waals surface area contributed by atoms with Crippen molar-refractivity contribution in [1.29, 1.82) is 0 Å². The maximum absolute atomic E-state index is 12.4. The molecule has 0 aliphatic carbocycles. The largest absolute Gasteiger partial charge is 0.324 e. The average molecular weight is 311 g/mol. The second-order valence-corrected chi connectivity index (χ2v) is 7.17. The Kier molecular flexibility index (Phi) is 4.65. The Labute approximate surface area is 125 Å². The van der Waals surface area contributed by atoms with E-state index in [1.807, 2.05) is 6.92 Å². The van der Waals surface area contributed by atoms with E-state index in [4.69, 9.17) is 0 Å². The highest BCUT2D eigenvalue weighted by atomic mass is 32.2. The number of carbonyl (C=O) groups excluding carboxylic acids is 1. The average Bonchev–Trinajstić information content (AvgIpc) is 2.87. The first-order chi connectivity index (χ1) is 9.89. The third-order valence-corrected chi connectivity index (χ3v) is 5.28. The van der Waals surface area contributed by atoms with Crippen molar-refractivity contribution in [2.75, 3.05) is 25.0 Å². The van der Waals surface area contributed by atoms with Gasteiger partial charge in [-0.25, -0.2) is 13.1 Å². The summed E-state index contributed by atoms with van der Waals surface area (Å²) in [7, 11) is -3.61. The van der Waals surface area contributed by atoms with Crippen molar-refractivity contribution in [2.24, 2.45) is 5.41 Å². The summed E-state index contributed by atoms with van der Waals surface area (Å²) in [5.74, 6) is -0.161. The zero-order valence-electron chi connectivity index (χ0n) is 12.3. The third-order valence-electron chi connectivity index (χ3n) is 3.68. The van der Waals surface area contributed by atoms with Gasteiger partial charge < -0.3 is 10.6 Å². The van der Waals surface area contributed by atoms with Crippen LogP contribution in [0.2, 0.25) is 0 Å². The number of rotatable bonds is 5. The smallest absolute Gasteiger partial charge is 0.242 e. The first-order valence-corrected chi connectivity index (χ1v) is 8.48. The van der Waals surface area contributed by atoms with Crippen LogP contribution >= 0.6 is 0 Å². The summed E-state index contributed by atoms with van der Waals surface area (Å²) < 4.78 is 26.8. The second kappa shape index (κ2) is 6.13. The van der Waals surface area contributed by atoms with Crippen LogP contribution in [-0.4, -0.2) is 34.0 Å². The number of amides is 1. The Morgan fingerprint density at radius 3 is 2.71 bits per heavy atom. The SMILES string of the molecule is CCNS(=O)(=O)c1ccccc1NC(=O)C1(C)CCNC1. The van der Waals surface area contributed by atoms with Gasteiger partial charge >= 0.3 is 0 Å². The summed E-state index contributed by atoms with van der Waals surface area (Å²) in [5, 5.41) is 5.91. The lowest BCUT2D eigenvalue weighted by atomic mass is 9.89. The number of sulfonamides is 1. The van der Waals surface area contributed by atoms with E-state index in [2.05, 4.69) is 15.4 Å². The molecule has 1 aromatic rings. The molecule has 7 heteroatoms. The highest BCUT2D eigenvalue weighted by molar-refractivity contribution is 7.89. The molecule has 2 rings (SSSR count). The molecule has 21 heavy (non-hydrogen) atoms. The van der Waals surface area contributed by atoms with Gasteiger partial charge in [0.1, 0.15) is 4.90 Å². The molecular weight excluding hydrogens is 290 g/mol. The van der Waals surface area contributed by atoms with Crippen molar-refractivity contribution in [3.8, 4) is 0 Å². The van der Waals surface area contributed by atoms with Gasteiger partial charge in [-0.15, -0.1) is 0 Å². The van der Waals surface area contributed by atoms with Crippen LogP contribution in [-0.2, 0) is 14.8 Å². The zero-order valence-corrected chi connectivity index (χ0v) is 13.1. The molecule has 1 unspecified atom stereocenters. The number of carbonyl (C=O) groups is 1. The van der Waals surface area contributed by atoms with Crippen LogP contribution in [0.25, 0.3) is 0 Å². The standard InChI is InChI=1S/C14H21N3O3S/c1-3-16-21(19,20)12-7-5-4-6-11(12)17-13(18)14(2)8-9-15-10-14/h4-7,15-16H,3,8-10H2,1-2H3,(H,17,18). The van der Waals surface area contributed by atoms with Crippen LogP contribution < -0.4 is 15.4 Å². The van der Waals surface area contributed by atoms with Crippen LogP contribution in [0.3, 0.4) is 0 Å². The molecule has 0 aromatic heterocycles. The maximum Gasteiger partial charge on any atom is 0.242 e. The third kappa shape index (κ3) is 3.42. The summed E-state index contributed by atoms with van der Waals surface area (Å²) in [6.07, 6.45) is 0.737. The van der Waals surface area contributed by atoms with E-state index in [-0.39, 0.29) is 10.8 Å². The van der Waals surface area contributed by atoms with E-state index < -0.39 is 15.4 Å². The number of para-hydroxylation sites is 1. The van der Waals surface area contributed by atoms with Gasteiger partial charge in [-0.05, 0) is 32.0 Å². The predicted octanol–water partition coefficient (Wildman–Crippen LogP) is 0.923. The lowest BCUT2D eigenvalue weighted by molar-refractivity contribution is -0.123. The second-order valence-electron chi connectivity index (χ2n) is 5.44. The Morgan fingerprint density at radius 1 is 1.38 bits per heavy atom. The van der Waals surface area contributed by atoms with E-state index in [1.54, 1.807) is 25.1 Å². The van der Waals surface area contributed by atoms with Gasteiger partial charge in [0.15, 0.2) is 0 Å². The minimum Gasteiger partial charge on any atom is -0.324 e. The predicted molar refractivity (Wildman–Crippen MR) is 81.5 cm³/mol. The molecular formula is C14H21N3O3S. The van der Waals surface area contributed by atoms with Gasteiger partial charge in [0, 0.05) is 13.1 Å². The monoisotopic (exact) mass is 311 g/mol. The molecule has 1 amide bonds. The van der Waals surface area contributed by atoms with Crippen molar-refractivity contribution in [3.63, 3.8) is 0 Å². The van der Waals surface area contributed by atoms with Crippen LogP contribution in [0, 0.1) is 5.41 Å². The summed E-state index contributed by atoms with van der Waals surface area (Å²) in [6, 6.07) is 6.44. The van der Waals surface area contributed by atoms with Crippen LogP contribution in [0.15, 0.2) is 29.2 Å². The Bertz CT molecular complexity index is 622. The van der Waals surface area contributed by atoms with E-state index in [1.165, 1.54) is 6.07 Å². The first-order valence-electron chi connectivity index (χ1n) is 7.00. The highest BCUT2D eigenvalue weighted by Crippen LogP contribution is 2.28. The van der Waals surface area contributed by atoms with Gasteiger partial charge in [0.05, 0.1) is 11.1 Å². The molecule has 0 radical (unpaired) electrons. The molecule has 0 bridgehead atoms. The van der Waals surface area contributed by atoms with Crippen molar-refractivity contribution in [3.05, 3.63) is 24.3 Å². The molecule has 0 spiro atoms. The number of anilines is 1. The lowest BCUT2D eigenvalue weighted by Crippen LogP contribution is -2.36. The van der Waals surface area contributed by atoms with Gasteiger partial charge in [0.2, 0.25) is 15.9 Å². The molecule has 1 aliphatic heterocycles. The van der Waals surface area contributed by atoms with Crippen LogP contribution in [0.4, 0.5) is 5.69 Å². The minimum absolute atomic E-state index is 0.0924. The first kappa shape index (κ1) is 15.9. The van der Waals surface area contributed by atoms with E-state index in [0.29, 0.717) is 18.8 Å². The molecule has 1 aromatic carbocycles. The molecule has 1 atom stereocenters. The van der Waals surface area contributed by atoms with Crippen molar-refractivity contribution in [2.45, 2.75) is 25.2 Å². The fourth-order valence-corrected chi connectivity index (χ4v) is 3.56. The number of hydrogen-bond acceptors (Lipinski definition) is 4. The molecule has 1 aliphatic rings. The zero-order chi connectivity index (χ0) is 15.5. The van der Waals surface area contributed by atoms with E-state index >= 15 is 0 Å². The molecule has 3 N–H and O–H groups in total. The minimum atomic E-state index is -3.61. The molecule has 0 saturated carbocycles. The van der Waals surface area contributed by atoms with Gasteiger partial charge in [-0.2, -0.15) is 0 Å². The fraction of sp³-hybridized carbons (Fsp3) is 0.500. The van der Waals surface area contributed by atoms with Crippen molar-refractivity contribution in [1.82, 2.24) is 10.0 Å². The normalized spacial score (nSPS) is 22.2. The van der Waals surface area contributed by atoms with Gasteiger partial charge in [0.25, 0.3) is 0 Å². The van der Waals surface area contributed by atoms with Crippen molar-refractivity contribution < 1.29 is 13.2 Å². The quantitative estimate of drug-likeness (QED) is 0.755. The molecule has 6 nitrogen and oxygen atoms in total. The number of hydrogen-bond donors (Lipinski definition) is 3. The summed E-state index contributed by atoms with van der Waals surface area (Å²) in [5.41, 5.74) is -0.189. The van der Waals surface area contributed by atoms with Crippen LogP contribution in [0.1, 0.15) is 20.3 Å². The maximum atomic E-state index is 12.4. The Hall–Kier alpha value is -1.44. The fourth-order valence-electron chi connectivity index (χ4n) is 2.36. The molecule has 1 heterocycles. The van der Waals surface area contributed by atoms with Gasteiger partial charge in [-0.1, -0.05) is 19.1 Å². The molecule has 1 fully saturated rings. The van der Waals surface area contributed by atoms with E-state index in [9.17, 15) is 13.2 Å². The number of benzene rings is 1. The van der Waals surface area contributed by atoms with E-state index in [0.717, 1.165) is 13.0 Å².